The maximum Gasteiger partial charge on any atom is 0.191 e. The summed E-state index contributed by atoms with van der Waals surface area (Å²) >= 11 is 0. The molecule has 2 aliphatic rings. The van der Waals surface area contributed by atoms with Crippen molar-refractivity contribution < 1.29 is 4.74 Å². The predicted octanol–water partition coefficient (Wildman–Crippen LogP) is 2.77. The van der Waals surface area contributed by atoms with Crippen LogP contribution in [0.15, 0.2) is 4.99 Å². The summed E-state index contributed by atoms with van der Waals surface area (Å²) in [5.41, 5.74) is 0. The van der Waals surface area contributed by atoms with Gasteiger partial charge in [-0.3, -0.25) is 4.99 Å². The molecule has 2 rings (SSSR count). The Morgan fingerprint density at radius 2 is 2.00 bits per heavy atom. The van der Waals surface area contributed by atoms with Crippen LogP contribution in [0.5, 0.6) is 0 Å². The maximum absolute atomic E-state index is 5.05. The summed E-state index contributed by atoms with van der Waals surface area (Å²) in [7, 11) is 3.59. The van der Waals surface area contributed by atoms with E-state index in [2.05, 4.69) is 15.6 Å². The van der Waals surface area contributed by atoms with Gasteiger partial charge in [-0.2, -0.15) is 0 Å². The maximum atomic E-state index is 5.05. The van der Waals surface area contributed by atoms with Crippen molar-refractivity contribution in [3.05, 3.63) is 0 Å². The Labute approximate surface area is 140 Å². The van der Waals surface area contributed by atoms with Gasteiger partial charge in [0, 0.05) is 33.4 Å². The molecule has 5 heteroatoms. The number of ether oxygens (including phenoxy) is 1. The Bertz CT molecular complexity index is 293. The second-order valence-corrected chi connectivity index (χ2v) is 5.89. The van der Waals surface area contributed by atoms with Gasteiger partial charge in [0.15, 0.2) is 5.96 Å². The molecule has 2 aliphatic carbocycles. The van der Waals surface area contributed by atoms with Crippen LogP contribution in [0.2, 0.25) is 0 Å². The molecule has 0 aliphatic heterocycles. The Kier molecular flexibility index (Phi) is 8.84. The summed E-state index contributed by atoms with van der Waals surface area (Å²) < 4.78 is 5.05. The van der Waals surface area contributed by atoms with Crippen molar-refractivity contribution in [1.29, 1.82) is 0 Å². The van der Waals surface area contributed by atoms with Gasteiger partial charge in [0.2, 0.25) is 0 Å². The number of guanidine groups is 1. The van der Waals surface area contributed by atoms with E-state index in [0.29, 0.717) is 6.04 Å². The van der Waals surface area contributed by atoms with Crippen molar-refractivity contribution in [2.75, 3.05) is 27.3 Å². The smallest absolute Gasteiger partial charge is 0.191 e. The number of hydrogen-bond donors (Lipinski definition) is 2. The van der Waals surface area contributed by atoms with Crippen LogP contribution in [0.25, 0.3) is 0 Å². The number of hydrogen-bond acceptors (Lipinski definition) is 2. The van der Waals surface area contributed by atoms with Crippen LogP contribution in [-0.4, -0.2) is 39.3 Å². The highest BCUT2D eigenvalue weighted by Crippen LogP contribution is 2.44. The second-order valence-electron chi connectivity index (χ2n) is 5.89. The zero-order chi connectivity index (χ0) is 13.5. The number of rotatable bonds is 6. The van der Waals surface area contributed by atoms with Crippen LogP contribution in [0.3, 0.4) is 0 Å². The molecule has 0 spiro atoms. The fourth-order valence-corrected chi connectivity index (χ4v) is 3.26. The molecule has 0 aromatic carbocycles. The van der Waals surface area contributed by atoms with Crippen molar-refractivity contribution >= 4 is 29.9 Å². The van der Waals surface area contributed by atoms with Gasteiger partial charge in [0.1, 0.15) is 0 Å². The fraction of sp³-hybridized carbons (Fsp3) is 0.933. The molecule has 2 fully saturated rings. The minimum atomic E-state index is 0. The third-order valence-corrected chi connectivity index (χ3v) is 4.46. The molecule has 20 heavy (non-hydrogen) atoms. The number of aliphatic imine (C=N–C) groups is 1. The van der Waals surface area contributed by atoms with Crippen LogP contribution in [0, 0.1) is 11.8 Å². The predicted molar refractivity (Wildman–Crippen MR) is 94.9 cm³/mol. The summed E-state index contributed by atoms with van der Waals surface area (Å²) in [5.74, 6) is 2.83. The lowest BCUT2D eigenvalue weighted by Crippen LogP contribution is -2.40. The van der Waals surface area contributed by atoms with Gasteiger partial charge >= 0.3 is 0 Å². The van der Waals surface area contributed by atoms with Crippen LogP contribution in [0.4, 0.5) is 0 Å². The van der Waals surface area contributed by atoms with Crippen molar-refractivity contribution in [2.24, 2.45) is 16.8 Å². The zero-order valence-electron chi connectivity index (χ0n) is 12.9. The van der Waals surface area contributed by atoms with Gasteiger partial charge in [-0.1, -0.05) is 32.1 Å². The molecule has 118 valence electrons. The van der Waals surface area contributed by atoms with E-state index in [1.165, 1.54) is 38.5 Å². The molecule has 0 radical (unpaired) electrons. The van der Waals surface area contributed by atoms with Crippen LogP contribution in [0.1, 0.15) is 44.9 Å². The summed E-state index contributed by atoms with van der Waals surface area (Å²) in [6, 6.07) is 0.664. The van der Waals surface area contributed by atoms with Gasteiger partial charge in [0.05, 0.1) is 0 Å². The minimum Gasteiger partial charge on any atom is -0.385 e. The Hall–Kier alpha value is -0.0400. The van der Waals surface area contributed by atoms with E-state index in [4.69, 9.17) is 4.74 Å². The van der Waals surface area contributed by atoms with Crippen LogP contribution in [-0.2, 0) is 4.74 Å². The lowest BCUT2D eigenvalue weighted by atomic mass is 9.85. The van der Waals surface area contributed by atoms with Crippen molar-refractivity contribution in [3.8, 4) is 0 Å². The molecule has 2 N–H and O–H groups in total. The van der Waals surface area contributed by atoms with Crippen LogP contribution < -0.4 is 10.6 Å². The first-order valence-corrected chi connectivity index (χ1v) is 7.81. The Morgan fingerprint density at radius 3 is 2.65 bits per heavy atom. The first-order valence-electron chi connectivity index (χ1n) is 7.81. The molecular formula is C15H30IN3O. The van der Waals surface area contributed by atoms with Crippen molar-refractivity contribution in [3.63, 3.8) is 0 Å². The highest BCUT2D eigenvalue weighted by atomic mass is 127. The molecule has 0 aromatic rings. The molecule has 0 aromatic heterocycles. The first kappa shape index (κ1) is 18.0. The number of methoxy groups -OCH3 is 1. The average Bonchev–Trinajstić information content (AvgIpc) is 3.22. The van der Waals surface area contributed by atoms with Gasteiger partial charge in [-0.15, -0.1) is 24.0 Å². The Morgan fingerprint density at radius 1 is 1.25 bits per heavy atom. The van der Waals surface area contributed by atoms with Crippen LogP contribution >= 0.6 is 24.0 Å². The Balaban J connectivity index is 0.00000200. The molecule has 2 atom stereocenters. The van der Waals surface area contributed by atoms with E-state index < -0.39 is 0 Å². The molecule has 0 bridgehead atoms. The number of nitrogens with zero attached hydrogens (tertiary/aromatic N) is 1. The third-order valence-electron chi connectivity index (χ3n) is 4.46. The van der Waals surface area contributed by atoms with E-state index in [9.17, 15) is 0 Å². The van der Waals surface area contributed by atoms with Gasteiger partial charge in [0.25, 0.3) is 0 Å². The topological polar surface area (TPSA) is 45.7 Å². The van der Waals surface area contributed by atoms with E-state index in [0.717, 1.165) is 37.4 Å². The summed E-state index contributed by atoms with van der Waals surface area (Å²) in [5, 5.41) is 6.92. The SMILES string of the molecule is CN=C(NCCCOC)NC1CC1C1CCCCC1.I. The summed E-state index contributed by atoms with van der Waals surface area (Å²) in [6.07, 6.45) is 9.59. The summed E-state index contributed by atoms with van der Waals surface area (Å²) in [6.45, 7) is 1.73. The monoisotopic (exact) mass is 395 g/mol. The van der Waals surface area contributed by atoms with Gasteiger partial charge in [-0.05, 0) is 24.7 Å². The normalized spacial score (nSPS) is 26.8. The molecule has 4 nitrogen and oxygen atoms in total. The molecule has 0 amide bonds. The lowest BCUT2D eigenvalue weighted by molar-refractivity contribution is 0.195. The third kappa shape index (κ3) is 5.76. The van der Waals surface area contributed by atoms with Crippen molar-refractivity contribution in [1.82, 2.24) is 10.6 Å². The quantitative estimate of drug-likeness (QED) is 0.315. The summed E-state index contributed by atoms with van der Waals surface area (Å²) in [4.78, 5) is 4.30. The highest BCUT2D eigenvalue weighted by Gasteiger charge is 2.43. The van der Waals surface area contributed by atoms with E-state index in [1.54, 1.807) is 7.11 Å². The zero-order valence-corrected chi connectivity index (χ0v) is 15.2. The van der Waals surface area contributed by atoms with E-state index in [-0.39, 0.29) is 24.0 Å². The molecule has 0 heterocycles. The fourth-order valence-electron chi connectivity index (χ4n) is 3.26. The van der Waals surface area contributed by atoms with Crippen molar-refractivity contribution in [2.45, 2.75) is 51.0 Å². The molecule has 2 unspecified atom stereocenters. The van der Waals surface area contributed by atoms with E-state index >= 15 is 0 Å². The van der Waals surface area contributed by atoms with Gasteiger partial charge in [-0.25, -0.2) is 0 Å². The number of halogens is 1. The second kappa shape index (κ2) is 9.82. The standard InChI is InChI=1S/C15H29N3O.HI/c1-16-15(17-9-6-10-19-2)18-14-11-13(14)12-7-4-3-5-8-12;/h12-14H,3-11H2,1-2H3,(H2,16,17,18);1H. The largest absolute Gasteiger partial charge is 0.385 e. The lowest BCUT2D eigenvalue weighted by Gasteiger charge is -2.22. The van der Waals surface area contributed by atoms with Gasteiger partial charge < -0.3 is 15.4 Å². The minimum absolute atomic E-state index is 0. The molecule has 2 saturated carbocycles. The molecule has 0 saturated heterocycles. The first-order chi connectivity index (χ1) is 9.35. The molecular weight excluding hydrogens is 365 g/mol. The highest BCUT2D eigenvalue weighted by molar-refractivity contribution is 14.0. The number of nitrogens with one attached hydrogen (secondary N) is 2. The van der Waals surface area contributed by atoms with E-state index in [1.807, 2.05) is 7.05 Å². The average molecular weight is 395 g/mol.